The number of carbonyl (C=O) groups excluding carboxylic acids is 2. The first-order chi connectivity index (χ1) is 14.9. The average molecular weight is 430 g/mol. The summed E-state index contributed by atoms with van der Waals surface area (Å²) in [4.78, 5) is 27.2. The minimum absolute atomic E-state index is 0.141. The third-order valence-electron chi connectivity index (χ3n) is 5.45. The van der Waals surface area contributed by atoms with Crippen LogP contribution in [0.2, 0.25) is 0 Å². The van der Waals surface area contributed by atoms with Crippen LogP contribution in [0.15, 0.2) is 36.0 Å². The van der Waals surface area contributed by atoms with E-state index in [0.717, 1.165) is 31.5 Å². The molecule has 0 bridgehead atoms. The standard InChI is InChI=1S/C24H39N5O2/c1-5-21-15-25-12-8-11-19-9-6-7-10-20(19)13-18(2)14-27-24(31)22(17-29(3)4)28-23(30)16-26-21/h5-7,9-10,18,22,25-26H,8,11-17H2,1-4H3,(H,27,31)(H,28,30). The van der Waals surface area contributed by atoms with Crippen LogP contribution in [-0.4, -0.2) is 69.6 Å². The smallest absolute Gasteiger partial charge is 0.243 e. The van der Waals surface area contributed by atoms with Crippen LogP contribution in [0.4, 0.5) is 0 Å². The Morgan fingerprint density at radius 3 is 2.55 bits per heavy atom. The fourth-order valence-electron chi connectivity index (χ4n) is 3.74. The normalized spacial score (nSPS) is 23.8. The minimum Gasteiger partial charge on any atom is -0.379 e. The Balaban J connectivity index is 2.13. The second-order valence-corrected chi connectivity index (χ2v) is 8.65. The van der Waals surface area contributed by atoms with E-state index < -0.39 is 6.04 Å². The fourth-order valence-corrected chi connectivity index (χ4v) is 3.74. The fraction of sp³-hybridized carbons (Fsp3) is 0.583. The number of nitrogens with one attached hydrogen (secondary N) is 4. The molecule has 0 spiro atoms. The van der Waals surface area contributed by atoms with Crippen molar-refractivity contribution in [1.82, 2.24) is 26.2 Å². The summed E-state index contributed by atoms with van der Waals surface area (Å²) >= 11 is 0. The van der Waals surface area contributed by atoms with Crippen LogP contribution in [-0.2, 0) is 22.4 Å². The van der Waals surface area contributed by atoms with Crippen LogP contribution in [0.5, 0.6) is 0 Å². The van der Waals surface area contributed by atoms with E-state index in [1.54, 1.807) is 0 Å². The van der Waals surface area contributed by atoms with E-state index in [1.165, 1.54) is 11.1 Å². The summed E-state index contributed by atoms with van der Waals surface area (Å²) < 4.78 is 0. The molecule has 0 fully saturated rings. The predicted molar refractivity (Wildman–Crippen MR) is 126 cm³/mol. The van der Waals surface area contributed by atoms with Crippen LogP contribution in [0.1, 0.15) is 31.4 Å². The zero-order valence-corrected chi connectivity index (χ0v) is 19.5. The van der Waals surface area contributed by atoms with Gasteiger partial charge in [-0.1, -0.05) is 37.3 Å². The Morgan fingerprint density at radius 2 is 1.84 bits per heavy atom. The maximum Gasteiger partial charge on any atom is 0.243 e. The summed E-state index contributed by atoms with van der Waals surface area (Å²) in [7, 11) is 3.79. The van der Waals surface area contributed by atoms with Crippen molar-refractivity contribution in [1.29, 1.82) is 0 Å². The van der Waals surface area contributed by atoms with Gasteiger partial charge in [-0.05, 0) is 63.9 Å². The molecule has 1 aromatic rings. The third kappa shape index (κ3) is 9.11. The number of amides is 2. The zero-order valence-electron chi connectivity index (χ0n) is 19.5. The second-order valence-electron chi connectivity index (χ2n) is 8.65. The summed E-state index contributed by atoms with van der Waals surface area (Å²) in [5, 5.41) is 12.5. The number of carbonyl (C=O) groups is 2. The van der Waals surface area contributed by atoms with Gasteiger partial charge < -0.3 is 26.2 Å². The van der Waals surface area contributed by atoms with Crippen molar-refractivity contribution in [2.24, 2.45) is 5.92 Å². The molecule has 172 valence electrons. The zero-order chi connectivity index (χ0) is 22.6. The van der Waals surface area contributed by atoms with Gasteiger partial charge in [0.05, 0.1) is 6.54 Å². The molecule has 0 saturated carbocycles. The lowest BCUT2D eigenvalue weighted by Crippen LogP contribution is -2.53. The van der Waals surface area contributed by atoms with Crippen molar-refractivity contribution in [2.75, 3.05) is 46.8 Å². The molecular weight excluding hydrogens is 390 g/mol. The first kappa shape index (κ1) is 24.9. The topological polar surface area (TPSA) is 85.5 Å². The molecule has 7 nitrogen and oxygen atoms in total. The summed E-state index contributed by atoms with van der Waals surface area (Å²) in [5.74, 6) is -0.0302. The van der Waals surface area contributed by atoms with Gasteiger partial charge in [-0.25, -0.2) is 0 Å². The van der Waals surface area contributed by atoms with Crippen molar-refractivity contribution in [2.45, 2.75) is 39.2 Å². The average Bonchev–Trinajstić information content (AvgIpc) is 2.73. The lowest BCUT2D eigenvalue weighted by molar-refractivity contribution is -0.129. The van der Waals surface area contributed by atoms with Gasteiger partial charge in [0.1, 0.15) is 6.04 Å². The number of aryl methyl sites for hydroxylation is 1. The molecule has 0 aromatic heterocycles. The van der Waals surface area contributed by atoms with E-state index in [2.05, 4.69) is 52.5 Å². The first-order valence-corrected chi connectivity index (χ1v) is 11.3. The van der Waals surface area contributed by atoms with Gasteiger partial charge in [-0.2, -0.15) is 0 Å². The number of benzene rings is 1. The first-order valence-electron chi connectivity index (χ1n) is 11.3. The maximum absolute atomic E-state index is 12.8. The van der Waals surface area contributed by atoms with Crippen molar-refractivity contribution >= 4 is 11.8 Å². The Morgan fingerprint density at radius 1 is 1.10 bits per heavy atom. The summed E-state index contributed by atoms with van der Waals surface area (Å²) in [5.41, 5.74) is 3.70. The maximum atomic E-state index is 12.8. The van der Waals surface area contributed by atoms with E-state index >= 15 is 0 Å². The summed E-state index contributed by atoms with van der Waals surface area (Å²) in [6.07, 6.45) is 4.96. The molecule has 2 amide bonds. The Labute approximate surface area is 187 Å². The van der Waals surface area contributed by atoms with Crippen LogP contribution >= 0.6 is 0 Å². The van der Waals surface area contributed by atoms with Gasteiger partial charge in [-0.15, -0.1) is 0 Å². The van der Waals surface area contributed by atoms with Crippen LogP contribution in [0, 0.1) is 5.92 Å². The highest BCUT2D eigenvalue weighted by molar-refractivity contribution is 5.88. The molecular formula is C24H39N5O2. The van der Waals surface area contributed by atoms with Gasteiger partial charge in [0.2, 0.25) is 11.8 Å². The predicted octanol–water partition coefficient (Wildman–Crippen LogP) is 1.06. The minimum atomic E-state index is -0.588. The van der Waals surface area contributed by atoms with E-state index in [9.17, 15) is 9.59 Å². The van der Waals surface area contributed by atoms with Gasteiger partial charge in [-0.3, -0.25) is 9.59 Å². The molecule has 1 aliphatic rings. The number of rotatable bonds is 2. The van der Waals surface area contributed by atoms with Crippen LogP contribution < -0.4 is 21.3 Å². The van der Waals surface area contributed by atoms with E-state index in [4.69, 9.17) is 0 Å². The number of hydrogen-bond donors (Lipinski definition) is 4. The Bertz CT molecular complexity index is 747. The highest BCUT2D eigenvalue weighted by atomic mass is 16.2. The molecule has 1 aromatic carbocycles. The molecule has 2 rings (SSSR count). The van der Waals surface area contributed by atoms with Crippen molar-refractivity contribution in [3.05, 3.63) is 47.2 Å². The van der Waals surface area contributed by atoms with Gasteiger partial charge >= 0.3 is 0 Å². The molecule has 1 heterocycles. The molecule has 0 aliphatic carbocycles. The van der Waals surface area contributed by atoms with Gasteiger partial charge in [0.25, 0.3) is 0 Å². The molecule has 7 heteroatoms. The largest absolute Gasteiger partial charge is 0.379 e. The van der Waals surface area contributed by atoms with Crippen LogP contribution in [0.3, 0.4) is 0 Å². The van der Waals surface area contributed by atoms with E-state index in [1.807, 2.05) is 32.0 Å². The highest BCUT2D eigenvalue weighted by Gasteiger charge is 2.22. The Hall–Kier alpha value is -2.38. The number of nitrogens with zero attached hydrogens (tertiary/aromatic N) is 1. The molecule has 2 atom stereocenters. The van der Waals surface area contributed by atoms with Crippen molar-refractivity contribution in [3.8, 4) is 0 Å². The summed E-state index contributed by atoms with van der Waals surface area (Å²) in [6.45, 7) is 6.87. The van der Waals surface area contributed by atoms with Gasteiger partial charge in [0, 0.05) is 25.3 Å². The third-order valence-corrected chi connectivity index (χ3v) is 5.45. The lowest BCUT2D eigenvalue weighted by atomic mass is 9.94. The SMILES string of the molecule is CC=C1CNCCCc2ccccc2CC(C)CNC(=O)C(CN(C)C)NC(=O)CN1. The van der Waals surface area contributed by atoms with E-state index in [0.29, 0.717) is 25.6 Å². The van der Waals surface area contributed by atoms with Crippen LogP contribution in [0.25, 0.3) is 0 Å². The Kier molecular flexibility index (Phi) is 10.5. The number of likely N-dealkylation sites (N-methyl/N-ethyl adjacent to an activating group) is 1. The molecule has 0 radical (unpaired) electrons. The molecule has 4 N–H and O–H groups in total. The quantitative estimate of drug-likeness (QED) is 0.565. The van der Waals surface area contributed by atoms with Crippen molar-refractivity contribution < 1.29 is 9.59 Å². The second kappa shape index (κ2) is 13.1. The van der Waals surface area contributed by atoms with E-state index in [-0.39, 0.29) is 18.4 Å². The summed E-state index contributed by atoms with van der Waals surface area (Å²) in [6, 6.07) is 7.99. The molecule has 31 heavy (non-hydrogen) atoms. The molecule has 0 saturated heterocycles. The number of allylic oxidation sites excluding steroid dienone is 1. The van der Waals surface area contributed by atoms with Crippen molar-refractivity contribution in [3.63, 3.8) is 0 Å². The monoisotopic (exact) mass is 429 g/mol. The molecule has 1 aliphatic heterocycles. The number of fused-ring (bicyclic) bond motifs is 1. The molecule has 2 unspecified atom stereocenters. The number of hydrogen-bond acceptors (Lipinski definition) is 5. The van der Waals surface area contributed by atoms with Gasteiger partial charge in [0.15, 0.2) is 0 Å². The lowest BCUT2D eigenvalue weighted by Gasteiger charge is -2.23. The highest BCUT2D eigenvalue weighted by Crippen LogP contribution is 2.15.